The van der Waals surface area contributed by atoms with Crippen LogP contribution in [0.15, 0.2) is 23.1 Å². The molecule has 1 atom stereocenters. The van der Waals surface area contributed by atoms with Gasteiger partial charge in [-0.1, -0.05) is 0 Å². The topological polar surface area (TPSA) is 167 Å². The monoisotopic (exact) mass is 351 g/mol. The lowest BCUT2D eigenvalue weighted by Gasteiger charge is -2.15. The molecule has 1 aromatic rings. The van der Waals surface area contributed by atoms with E-state index in [1.54, 1.807) is 0 Å². The molecule has 10 nitrogen and oxygen atoms in total. The van der Waals surface area contributed by atoms with E-state index >= 15 is 0 Å². The second kappa shape index (κ2) is 9.21. The van der Waals surface area contributed by atoms with E-state index in [-0.39, 0.29) is 17.9 Å². The molecule has 136 valence electrons. The minimum absolute atomic E-state index is 0.0413. The molecule has 0 aromatic carbocycles. The summed E-state index contributed by atoms with van der Waals surface area (Å²) in [6.07, 6.45) is 1.85. The van der Waals surface area contributed by atoms with Crippen LogP contribution in [-0.2, 0) is 16.1 Å². The van der Waals surface area contributed by atoms with Crippen LogP contribution in [0, 0.1) is 5.41 Å². The zero-order valence-electron chi connectivity index (χ0n) is 13.7. The van der Waals surface area contributed by atoms with E-state index in [2.05, 4.69) is 10.6 Å². The molecular weight excluding hydrogens is 330 g/mol. The first-order chi connectivity index (χ1) is 11.7. The highest BCUT2D eigenvalue weighted by Crippen LogP contribution is 1.98. The zero-order valence-corrected chi connectivity index (χ0v) is 13.7. The molecule has 0 aliphatic carbocycles. The molecule has 1 rings (SSSR count). The van der Waals surface area contributed by atoms with Gasteiger partial charge in [-0.3, -0.25) is 19.8 Å². The largest absolute Gasteiger partial charge is 0.480 e. The maximum atomic E-state index is 12.0. The Morgan fingerprint density at radius 1 is 1.40 bits per heavy atom. The molecule has 6 N–H and O–H groups in total. The van der Waals surface area contributed by atoms with Gasteiger partial charge in [0.15, 0.2) is 11.7 Å². The first-order valence-electron chi connectivity index (χ1n) is 7.52. The fourth-order valence-corrected chi connectivity index (χ4v) is 2.11. The summed E-state index contributed by atoms with van der Waals surface area (Å²) in [5, 5.41) is 21.0. The molecule has 25 heavy (non-hydrogen) atoms. The number of ketones is 1. The van der Waals surface area contributed by atoms with Crippen LogP contribution in [0.4, 0.5) is 0 Å². The van der Waals surface area contributed by atoms with Crippen LogP contribution in [0.25, 0.3) is 0 Å². The third kappa shape index (κ3) is 6.45. The Kier molecular flexibility index (Phi) is 7.32. The van der Waals surface area contributed by atoms with Crippen molar-refractivity contribution in [3.8, 4) is 0 Å². The molecule has 0 bridgehead atoms. The van der Waals surface area contributed by atoms with Crippen LogP contribution in [0.1, 0.15) is 30.1 Å². The minimum Gasteiger partial charge on any atom is -0.480 e. The van der Waals surface area contributed by atoms with Crippen LogP contribution >= 0.6 is 0 Å². The average molecular weight is 351 g/mol. The summed E-state index contributed by atoms with van der Waals surface area (Å²) >= 11 is 0. The number of nitrogens with two attached hydrogens (primary N) is 1. The van der Waals surface area contributed by atoms with Gasteiger partial charge in [-0.25, -0.2) is 4.79 Å². The molecule has 0 radical (unpaired) electrons. The zero-order chi connectivity index (χ0) is 19.0. The Balaban J connectivity index is 2.68. The lowest BCUT2D eigenvalue weighted by molar-refractivity contribution is -0.142. The summed E-state index contributed by atoms with van der Waals surface area (Å²) in [6, 6.07) is 1.70. The maximum absolute atomic E-state index is 12.0. The van der Waals surface area contributed by atoms with Crippen molar-refractivity contribution in [3.63, 3.8) is 0 Å². The maximum Gasteiger partial charge on any atom is 0.326 e. The highest BCUT2D eigenvalue weighted by Gasteiger charge is 2.20. The Hall–Kier alpha value is -3.17. The van der Waals surface area contributed by atoms with Crippen molar-refractivity contribution >= 4 is 23.6 Å². The number of hydrogen-bond acceptors (Lipinski definition) is 5. The number of nitrogens with zero attached hydrogens (tertiary/aromatic N) is 1. The van der Waals surface area contributed by atoms with Crippen molar-refractivity contribution in [3.05, 3.63) is 34.2 Å². The van der Waals surface area contributed by atoms with E-state index in [9.17, 15) is 19.2 Å². The highest BCUT2D eigenvalue weighted by molar-refractivity contribution is 5.93. The number of carboxylic acids is 1. The molecule has 1 heterocycles. The third-order valence-electron chi connectivity index (χ3n) is 3.33. The number of Topliss-reactive ketones (excluding diaryl/α,β-unsaturated/α-hetero) is 1. The number of hydrogen-bond donors (Lipinski definition) is 5. The third-order valence-corrected chi connectivity index (χ3v) is 3.33. The smallest absolute Gasteiger partial charge is 0.326 e. The van der Waals surface area contributed by atoms with Gasteiger partial charge < -0.3 is 26.0 Å². The van der Waals surface area contributed by atoms with Crippen molar-refractivity contribution in [1.29, 1.82) is 5.41 Å². The summed E-state index contributed by atoms with van der Waals surface area (Å²) in [5.41, 5.74) is 4.46. The predicted molar refractivity (Wildman–Crippen MR) is 89.4 cm³/mol. The number of carboxylic acid groups (broad SMARTS) is 1. The molecule has 0 unspecified atom stereocenters. The Morgan fingerprint density at radius 2 is 2.08 bits per heavy atom. The van der Waals surface area contributed by atoms with Crippen molar-refractivity contribution in [2.45, 2.75) is 32.4 Å². The fraction of sp³-hybridized carbons (Fsp3) is 0.400. The number of guanidine groups is 1. The van der Waals surface area contributed by atoms with E-state index in [4.69, 9.17) is 16.2 Å². The molecular formula is C15H21N5O5. The van der Waals surface area contributed by atoms with Crippen molar-refractivity contribution in [2.24, 2.45) is 5.73 Å². The summed E-state index contributed by atoms with van der Waals surface area (Å²) in [6.45, 7) is 1.15. The Morgan fingerprint density at radius 3 is 2.64 bits per heavy atom. The molecule has 0 aliphatic heterocycles. The van der Waals surface area contributed by atoms with Gasteiger partial charge in [0.2, 0.25) is 5.91 Å². The van der Waals surface area contributed by atoms with Crippen LogP contribution in [-0.4, -0.2) is 45.9 Å². The summed E-state index contributed by atoms with van der Waals surface area (Å²) in [5.74, 6) is -2.50. The first-order valence-corrected chi connectivity index (χ1v) is 7.52. The van der Waals surface area contributed by atoms with Gasteiger partial charge in [0, 0.05) is 12.7 Å². The van der Waals surface area contributed by atoms with Crippen LogP contribution in [0.5, 0.6) is 0 Å². The summed E-state index contributed by atoms with van der Waals surface area (Å²) in [7, 11) is 0. The van der Waals surface area contributed by atoms with Gasteiger partial charge in [0.1, 0.15) is 12.6 Å². The van der Waals surface area contributed by atoms with Crippen LogP contribution in [0.2, 0.25) is 0 Å². The molecule has 0 aliphatic rings. The quantitative estimate of drug-likeness (QED) is 0.162. The Bertz CT molecular complexity index is 727. The molecule has 10 heteroatoms. The average Bonchev–Trinajstić information content (AvgIpc) is 2.51. The fourth-order valence-electron chi connectivity index (χ4n) is 2.11. The standard InChI is InChI=1S/C15H21N5O5/c1-9(21)10-4-3-7-20(13(10)23)8-12(22)19-11(14(24)25)5-2-6-18-15(16)17/h3-4,7,11H,2,5-6,8H2,1H3,(H,19,22)(H,24,25)(H4,16,17,18)/t11-/m0/s1. The van der Waals surface area contributed by atoms with E-state index in [0.29, 0.717) is 13.0 Å². The molecule has 0 fully saturated rings. The van der Waals surface area contributed by atoms with E-state index < -0.39 is 35.8 Å². The number of nitrogens with one attached hydrogen (secondary N) is 3. The van der Waals surface area contributed by atoms with Crippen LogP contribution < -0.4 is 21.9 Å². The van der Waals surface area contributed by atoms with Gasteiger partial charge in [-0.05, 0) is 31.9 Å². The highest BCUT2D eigenvalue weighted by atomic mass is 16.4. The molecule has 0 saturated heterocycles. The van der Waals surface area contributed by atoms with E-state index in [1.165, 1.54) is 25.3 Å². The molecule has 0 spiro atoms. The van der Waals surface area contributed by atoms with Gasteiger partial charge >= 0.3 is 5.97 Å². The van der Waals surface area contributed by atoms with E-state index in [1.807, 2.05) is 0 Å². The second-order valence-corrected chi connectivity index (χ2v) is 5.35. The van der Waals surface area contributed by atoms with Crippen molar-refractivity contribution in [1.82, 2.24) is 15.2 Å². The molecule has 1 aromatic heterocycles. The van der Waals surface area contributed by atoms with Gasteiger partial charge in [0.25, 0.3) is 5.56 Å². The number of pyridine rings is 1. The lowest BCUT2D eigenvalue weighted by Crippen LogP contribution is -2.44. The van der Waals surface area contributed by atoms with E-state index in [0.717, 1.165) is 4.57 Å². The number of carbonyl (C=O) groups is 3. The molecule has 0 saturated carbocycles. The van der Waals surface area contributed by atoms with Gasteiger partial charge in [-0.2, -0.15) is 0 Å². The first kappa shape index (κ1) is 19.9. The summed E-state index contributed by atoms with van der Waals surface area (Å²) in [4.78, 5) is 46.6. The normalized spacial score (nSPS) is 11.4. The second-order valence-electron chi connectivity index (χ2n) is 5.35. The van der Waals surface area contributed by atoms with Crippen LogP contribution in [0.3, 0.4) is 0 Å². The Labute approximate surface area is 143 Å². The van der Waals surface area contributed by atoms with Gasteiger partial charge in [0.05, 0.1) is 5.56 Å². The number of amides is 1. The predicted octanol–water partition coefficient (Wildman–Crippen LogP) is -1.12. The SMILES string of the molecule is CC(=O)c1cccn(CC(=O)N[C@@H](CCCNC(=N)N)C(=O)O)c1=O. The lowest BCUT2D eigenvalue weighted by atomic mass is 10.1. The number of rotatable bonds is 9. The summed E-state index contributed by atoms with van der Waals surface area (Å²) < 4.78 is 1.04. The van der Waals surface area contributed by atoms with Crippen molar-refractivity contribution < 1.29 is 19.5 Å². The number of carbonyl (C=O) groups excluding carboxylic acids is 2. The number of aromatic nitrogens is 1. The molecule has 1 amide bonds. The van der Waals surface area contributed by atoms with Crippen molar-refractivity contribution in [2.75, 3.05) is 6.54 Å². The minimum atomic E-state index is -1.21. The van der Waals surface area contributed by atoms with Gasteiger partial charge in [-0.15, -0.1) is 0 Å². The number of aliphatic carboxylic acids is 1.